The average Bonchev–Trinajstić information content (AvgIpc) is 3.74. The zero-order valence-corrected chi connectivity index (χ0v) is 28.0. The fourth-order valence-electron chi connectivity index (χ4n) is 7.85. The topological polar surface area (TPSA) is 43.9 Å². The van der Waals surface area contributed by atoms with E-state index in [1.165, 1.54) is 27.1 Å². The highest BCUT2D eigenvalue weighted by atomic mass is 16.3. The minimum Gasteiger partial charge on any atom is -0.456 e. The van der Waals surface area contributed by atoms with Gasteiger partial charge >= 0.3 is 0 Å². The van der Waals surface area contributed by atoms with Crippen molar-refractivity contribution in [3.63, 3.8) is 0 Å². The van der Waals surface area contributed by atoms with Crippen molar-refractivity contribution in [3.8, 4) is 39.5 Å². The molecule has 3 aromatic heterocycles. The molecule has 0 aliphatic carbocycles. The first kappa shape index (κ1) is 28.8. The zero-order chi connectivity index (χ0) is 34.2. The molecule has 11 aromatic rings. The third-order valence-electron chi connectivity index (χ3n) is 10.4. The van der Waals surface area contributed by atoms with Crippen molar-refractivity contribution in [1.29, 1.82) is 0 Å². The van der Waals surface area contributed by atoms with E-state index in [-0.39, 0.29) is 0 Å². The number of rotatable bonds is 4. The van der Waals surface area contributed by atoms with E-state index in [9.17, 15) is 0 Å². The second-order valence-corrected chi connectivity index (χ2v) is 13.4. The van der Waals surface area contributed by atoms with Gasteiger partial charge in [-0.25, -0.2) is 9.97 Å². The van der Waals surface area contributed by atoms with Gasteiger partial charge < -0.3 is 4.42 Å². The summed E-state index contributed by atoms with van der Waals surface area (Å²) in [5.74, 6) is 0.642. The van der Waals surface area contributed by atoms with Crippen LogP contribution < -0.4 is 0 Å². The molecule has 0 atom stereocenters. The van der Waals surface area contributed by atoms with Crippen LogP contribution in [-0.2, 0) is 0 Å². The smallest absolute Gasteiger partial charge is 0.235 e. The molecular formula is C48H29N3O. The van der Waals surface area contributed by atoms with Crippen LogP contribution in [-0.4, -0.2) is 14.5 Å². The maximum Gasteiger partial charge on any atom is 0.235 e. The summed E-state index contributed by atoms with van der Waals surface area (Å²) in [7, 11) is 0. The minimum absolute atomic E-state index is 0.642. The van der Waals surface area contributed by atoms with Crippen LogP contribution in [0.3, 0.4) is 0 Å². The molecular weight excluding hydrogens is 635 g/mol. The first-order valence-electron chi connectivity index (χ1n) is 17.6. The van der Waals surface area contributed by atoms with Crippen LogP contribution in [0.5, 0.6) is 0 Å². The van der Waals surface area contributed by atoms with Gasteiger partial charge in [-0.05, 0) is 81.6 Å². The fraction of sp³-hybridized carbons (Fsp3) is 0. The molecule has 0 amide bonds. The zero-order valence-electron chi connectivity index (χ0n) is 28.0. The first-order chi connectivity index (χ1) is 25.7. The summed E-state index contributed by atoms with van der Waals surface area (Å²) in [6.07, 6.45) is 0. The Bertz CT molecular complexity index is 3180. The number of fused-ring (bicyclic) bond motifs is 8. The van der Waals surface area contributed by atoms with Crippen LogP contribution in [0, 0.1) is 0 Å². The maximum atomic E-state index is 6.26. The van der Waals surface area contributed by atoms with E-state index in [4.69, 9.17) is 14.4 Å². The minimum atomic E-state index is 0.642. The third-order valence-corrected chi connectivity index (χ3v) is 10.4. The Morgan fingerprint density at radius 3 is 1.81 bits per heavy atom. The molecule has 0 radical (unpaired) electrons. The van der Waals surface area contributed by atoms with Crippen LogP contribution in [0.4, 0.5) is 0 Å². The van der Waals surface area contributed by atoms with Gasteiger partial charge in [0.15, 0.2) is 0 Å². The Labute approximate surface area is 298 Å². The van der Waals surface area contributed by atoms with Gasteiger partial charge in [-0.1, -0.05) is 127 Å². The lowest BCUT2D eigenvalue weighted by molar-refractivity contribution is 0.669. The number of nitrogens with zero attached hydrogens (tertiary/aromatic N) is 3. The molecule has 4 heteroatoms. The van der Waals surface area contributed by atoms with Crippen LogP contribution in [0.1, 0.15) is 0 Å². The molecule has 0 fully saturated rings. The number of furan rings is 1. The quantitative estimate of drug-likeness (QED) is 0.188. The molecule has 8 aromatic carbocycles. The van der Waals surface area contributed by atoms with E-state index < -0.39 is 0 Å². The Kier molecular flexibility index (Phi) is 6.22. The molecule has 0 bridgehead atoms. The molecule has 242 valence electrons. The molecule has 52 heavy (non-hydrogen) atoms. The molecule has 11 rings (SSSR count). The molecule has 0 N–H and O–H groups in total. The Morgan fingerprint density at radius 2 is 0.981 bits per heavy atom. The predicted octanol–water partition coefficient (Wildman–Crippen LogP) is 12.8. The second kappa shape index (κ2) is 11.2. The maximum absolute atomic E-state index is 6.26. The van der Waals surface area contributed by atoms with Gasteiger partial charge in [0.05, 0.1) is 22.2 Å². The monoisotopic (exact) mass is 663 g/mol. The largest absolute Gasteiger partial charge is 0.456 e. The van der Waals surface area contributed by atoms with Crippen molar-refractivity contribution >= 4 is 65.4 Å². The third kappa shape index (κ3) is 4.48. The van der Waals surface area contributed by atoms with Gasteiger partial charge in [-0.15, -0.1) is 0 Å². The fourth-order valence-corrected chi connectivity index (χ4v) is 7.85. The lowest BCUT2D eigenvalue weighted by Crippen LogP contribution is -2.03. The highest BCUT2D eigenvalue weighted by molar-refractivity contribution is 6.14. The number of benzene rings is 8. The highest BCUT2D eigenvalue weighted by Gasteiger charge is 2.19. The van der Waals surface area contributed by atoms with E-state index in [1.54, 1.807) is 0 Å². The van der Waals surface area contributed by atoms with Crippen molar-refractivity contribution in [2.75, 3.05) is 0 Å². The number of hydrogen-bond acceptors (Lipinski definition) is 3. The Balaban J connectivity index is 1.17. The average molecular weight is 664 g/mol. The van der Waals surface area contributed by atoms with Crippen molar-refractivity contribution in [2.24, 2.45) is 0 Å². The molecule has 3 heterocycles. The summed E-state index contributed by atoms with van der Waals surface area (Å²) >= 11 is 0. The summed E-state index contributed by atoms with van der Waals surface area (Å²) in [6, 6.07) is 62.1. The molecule has 0 aliphatic heterocycles. The van der Waals surface area contributed by atoms with E-state index in [0.717, 1.165) is 71.8 Å². The van der Waals surface area contributed by atoms with Gasteiger partial charge in [-0.3, -0.25) is 4.57 Å². The second-order valence-electron chi connectivity index (χ2n) is 13.4. The molecule has 0 saturated carbocycles. The van der Waals surface area contributed by atoms with Gasteiger partial charge in [-0.2, -0.15) is 0 Å². The van der Waals surface area contributed by atoms with Crippen molar-refractivity contribution in [1.82, 2.24) is 14.5 Å². The summed E-state index contributed by atoms with van der Waals surface area (Å²) < 4.78 is 8.51. The number of para-hydroxylation sites is 1. The van der Waals surface area contributed by atoms with E-state index in [1.807, 2.05) is 18.2 Å². The van der Waals surface area contributed by atoms with Crippen LogP contribution in [0.2, 0.25) is 0 Å². The normalized spacial score (nSPS) is 11.8. The van der Waals surface area contributed by atoms with E-state index >= 15 is 0 Å². The van der Waals surface area contributed by atoms with Crippen molar-refractivity contribution < 1.29 is 4.42 Å². The van der Waals surface area contributed by atoms with Crippen molar-refractivity contribution in [3.05, 3.63) is 176 Å². The van der Waals surface area contributed by atoms with Gasteiger partial charge in [0.1, 0.15) is 11.2 Å². The van der Waals surface area contributed by atoms with E-state index in [2.05, 4.69) is 162 Å². The summed E-state index contributed by atoms with van der Waals surface area (Å²) in [4.78, 5) is 10.8. The molecule has 0 unspecified atom stereocenters. The predicted molar refractivity (Wildman–Crippen MR) is 215 cm³/mol. The lowest BCUT2D eigenvalue weighted by Gasteiger charge is -2.13. The van der Waals surface area contributed by atoms with Crippen LogP contribution >= 0.6 is 0 Å². The van der Waals surface area contributed by atoms with Crippen LogP contribution in [0.25, 0.3) is 105 Å². The van der Waals surface area contributed by atoms with Gasteiger partial charge in [0.25, 0.3) is 0 Å². The Hall–Kier alpha value is -7.04. The highest BCUT2D eigenvalue weighted by Crippen LogP contribution is 2.39. The van der Waals surface area contributed by atoms with Gasteiger partial charge in [0, 0.05) is 32.5 Å². The van der Waals surface area contributed by atoms with Crippen LogP contribution in [0.15, 0.2) is 180 Å². The first-order valence-corrected chi connectivity index (χ1v) is 17.6. The molecule has 0 aliphatic rings. The standard InChI is InChI=1S/C48H29N3O/c1-3-11-30(12-4-1)35-19-22-37-40-25-32-15-7-8-16-33(32)27-44(40)51(43(37)28-35)48-49-42-24-21-34(26-41(42)47(50-48)31-13-5-2-6-14-31)36-20-23-39-38-17-9-10-18-45(38)52-46(39)29-36/h1-29H. The number of hydrogen-bond donors (Lipinski definition) is 0. The van der Waals surface area contributed by atoms with Crippen molar-refractivity contribution in [2.45, 2.75) is 0 Å². The van der Waals surface area contributed by atoms with E-state index in [0.29, 0.717) is 5.95 Å². The molecule has 0 spiro atoms. The molecule has 0 saturated heterocycles. The summed E-state index contributed by atoms with van der Waals surface area (Å²) in [6.45, 7) is 0. The summed E-state index contributed by atoms with van der Waals surface area (Å²) in [5, 5.41) is 7.97. The SMILES string of the molecule is c1ccc(-c2ccc3c4cc5ccccc5cc4n(-c4nc(-c5ccccc5)c5cc(-c6ccc7c(c6)oc6ccccc67)ccc5n4)c3c2)cc1. The lowest BCUT2D eigenvalue weighted by atomic mass is 9.99. The summed E-state index contributed by atoms with van der Waals surface area (Å²) in [5.41, 5.74) is 11.2. The van der Waals surface area contributed by atoms with Gasteiger partial charge in [0.2, 0.25) is 5.95 Å². The Morgan fingerprint density at radius 1 is 0.365 bits per heavy atom. The molecule has 4 nitrogen and oxygen atoms in total. The number of aromatic nitrogens is 3.